The number of benzene rings is 1. The molecule has 4 nitrogen and oxygen atoms in total. The summed E-state index contributed by atoms with van der Waals surface area (Å²) in [5.74, 6) is 0.149. The van der Waals surface area contributed by atoms with Crippen molar-refractivity contribution in [3.63, 3.8) is 0 Å². The molecule has 0 amide bonds. The van der Waals surface area contributed by atoms with Crippen molar-refractivity contribution < 1.29 is 18.6 Å². The SMILES string of the molecule is C[C@@H](c1ccccc1)C(B1OC(C)(C)C(C)(C)O1)B1OC(C)(C)C(C)(C)O1. The fourth-order valence-electron chi connectivity index (χ4n) is 3.67. The fourth-order valence-corrected chi connectivity index (χ4v) is 3.67. The van der Waals surface area contributed by atoms with Crippen LogP contribution in [-0.4, -0.2) is 36.6 Å². The van der Waals surface area contributed by atoms with Gasteiger partial charge in [-0.05, 0) is 66.9 Å². The van der Waals surface area contributed by atoms with Crippen molar-refractivity contribution >= 4 is 14.2 Å². The molecule has 2 heterocycles. The predicted octanol–water partition coefficient (Wildman–Crippen LogP) is 4.88. The molecule has 0 N–H and O–H groups in total. The number of hydrogen-bond donors (Lipinski definition) is 0. The largest absolute Gasteiger partial charge is 0.459 e. The normalized spacial score (nSPS) is 26.6. The lowest BCUT2D eigenvalue weighted by atomic mass is 9.46. The van der Waals surface area contributed by atoms with E-state index in [2.05, 4.69) is 86.6 Å². The minimum atomic E-state index is -0.403. The molecule has 2 saturated heterocycles. The molecule has 0 radical (unpaired) electrons. The summed E-state index contributed by atoms with van der Waals surface area (Å²) in [5.41, 5.74) is -0.431. The first-order chi connectivity index (χ1) is 12.3. The first-order valence-corrected chi connectivity index (χ1v) is 10.0. The maximum absolute atomic E-state index is 6.44. The lowest BCUT2D eigenvalue weighted by Crippen LogP contribution is -2.41. The van der Waals surface area contributed by atoms with E-state index in [1.807, 2.05) is 6.07 Å². The summed E-state index contributed by atoms with van der Waals surface area (Å²) in [4.78, 5) is 0. The van der Waals surface area contributed by atoms with Gasteiger partial charge in [0.05, 0.1) is 22.4 Å². The molecule has 1 aromatic carbocycles. The highest BCUT2D eigenvalue weighted by Gasteiger charge is 2.62. The van der Waals surface area contributed by atoms with Gasteiger partial charge in [0.2, 0.25) is 0 Å². The Morgan fingerprint density at radius 3 is 1.30 bits per heavy atom. The molecule has 1 atom stereocenters. The van der Waals surface area contributed by atoms with E-state index in [0.29, 0.717) is 0 Å². The molecule has 0 spiro atoms. The predicted molar refractivity (Wildman–Crippen MR) is 111 cm³/mol. The third kappa shape index (κ3) is 3.62. The van der Waals surface area contributed by atoms with Crippen LogP contribution in [0.25, 0.3) is 0 Å². The fraction of sp³-hybridized carbons (Fsp3) is 0.714. The summed E-state index contributed by atoms with van der Waals surface area (Å²) in [6, 6.07) is 10.5. The second kappa shape index (κ2) is 6.62. The third-order valence-corrected chi connectivity index (χ3v) is 7.07. The highest BCUT2D eigenvalue weighted by molar-refractivity contribution is 6.68. The topological polar surface area (TPSA) is 36.9 Å². The molecule has 1 aromatic rings. The van der Waals surface area contributed by atoms with Gasteiger partial charge in [-0.1, -0.05) is 37.3 Å². The maximum atomic E-state index is 6.44. The van der Waals surface area contributed by atoms with Crippen LogP contribution in [0.5, 0.6) is 0 Å². The molecule has 2 aliphatic heterocycles. The van der Waals surface area contributed by atoms with E-state index >= 15 is 0 Å². The Labute approximate surface area is 165 Å². The average molecular weight is 372 g/mol. The van der Waals surface area contributed by atoms with Crippen LogP contribution in [0.15, 0.2) is 30.3 Å². The highest BCUT2D eigenvalue weighted by atomic mass is 16.7. The lowest BCUT2D eigenvalue weighted by Gasteiger charge is -2.32. The van der Waals surface area contributed by atoms with Crippen LogP contribution in [0, 0.1) is 0 Å². The quantitative estimate of drug-likeness (QED) is 0.706. The molecule has 3 rings (SSSR count). The zero-order valence-corrected chi connectivity index (χ0v) is 18.3. The second-order valence-corrected chi connectivity index (χ2v) is 10.0. The van der Waals surface area contributed by atoms with Crippen LogP contribution in [0.1, 0.15) is 73.8 Å². The molecule has 0 aromatic heterocycles. The van der Waals surface area contributed by atoms with Crippen LogP contribution in [0.4, 0.5) is 0 Å². The van der Waals surface area contributed by atoms with Crippen molar-refractivity contribution in [3.8, 4) is 0 Å². The molecule has 0 bridgehead atoms. The Morgan fingerprint density at radius 1 is 0.630 bits per heavy atom. The minimum absolute atomic E-state index is 0.0884. The van der Waals surface area contributed by atoms with Gasteiger partial charge in [-0.25, -0.2) is 0 Å². The summed E-state index contributed by atoms with van der Waals surface area (Å²) >= 11 is 0. The van der Waals surface area contributed by atoms with Crippen LogP contribution in [0.2, 0.25) is 5.72 Å². The standard InChI is InChI=1S/C21H34B2O4/c1-15(16-13-11-10-12-14-16)17(22-24-18(2,3)19(4,5)25-22)23-26-20(6,7)21(8,9)27-23/h10-15,17H,1-9H3/t15-/m0/s1. The van der Waals surface area contributed by atoms with Crippen molar-refractivity contribution in [1.82, 2.24) is 0 Å². The van der Waals surface area contributed by atoms with Crippen molar-refractivity contribution in [3.05, 3.63) is 35.9 Å². The molecular formula is C21H34B2O4. The van der Waals surface area contributed by atoms with Crippen molar-refractivity contribution in [2.75, 3.05) is 0 Å². The van der Waals surface area contributed by atoms with E-state index in [4.69, 9.17) is 18.6 Å². The molecule has 2 fully saturated rings. The van der Waals surface area contributed by atoms with Gasteiger partial charge < -0.3 is 18.6 Å². The summed E-state index contributed by atoms with van der Waals surface area (Å²) < 4.78 is 25.7. The average Bonchev–Trinajstić information content (AvgIpc) is 2.87. The third-order valence-electron chi connectivity index (χ3n) is 7.07. The molecular weight excluding hydrogens is 338 g/mol. The van der Waals surface area contributed by atoms with Crippen LogP contribution in [0.3, 0.4) is 0 Å². The van der Waals surface area contributed by atoms with Gasteiger partial charge in [0.15, 0.2) is 0 Å². The Bertz CT molecular complexity index is 604. The van der Waals surface area contributed by atoms with Crippen molar-refractivity contribution in [1.29, 1.82) is 0 Å². The van der Waals surface area contributed by atoms with Crippen molar-refractivity contribution in [2.24, 2.45) is 0 Å². The van der Waals surface area contributed by atoms with Crippen LogP contribution < -0.4 is 0 Å². The summed E-state index contributed by atoms with van der Waals surface area (Å²) in [6.07, 6.45) is 0. The smallest absolute Gasteiger partial charge is 0.403 e. The van der Waals surface area contributed by atoms with E-state index in [1.165, 1.54) is 5.56 Å². The van der Waals surface area contributed by atoms with Gasteiger partial charge in [-0.3, -0.25) is 0 Å². The van der Waals surface area contributed by atoms with E-state index in [-0.39, 0.29) is 11.6 Å². The van der Waals surface area contributed by atoms with Gasteiger partial charge in [-0.15, -0.1) is 0 Å². The van der Waals surface area contributed by atoms with Crippen molar-refractivity contribution in [2.45, 2.75) is 96.4 Å². The molecule has 148 valence electrons. The van der Waals surface area contributed by atoms with Gasteiger partial charge in [0, 0.05) is 5.72 Å². The number of rotatable bonds is 4. The van der Waals surface area contributed by atoms with Gasteiger partial charge in [-0.2, -0.15) is 0 Å². The van der Waals surface area contributed by atoms with Gasteiger partial charge in [0.1, 0.15) is 0 Å². The zero-order valence-electron chi connectivity index (χ0n) is 18.3. The van der Waals surface area contributed by atoms with E-state index in [9.17, 15) is 0 Å². The molecule has 6 heteroatoms. The number of hydrogen-bond acceptors (Lipinski definition) is 4. The Balaban J connectivity index is 1.96. The molecule has 0 aliphatic carbocycles. The van der Waals surface area contributed by atoms with E-state index in [0.717, 1.165) is 0 Å². The Hall–Kier alpha value is -0.810. The Kier molecular flexibility index (Phi) is 5.13. The van der Waals surface area contributed by atoms with Crippen LogP contribution in [-0.2, 0) is 18.6 Å². The highest BCUT2D eigenvalue weighted by Crippen LogP contribution is 2.49. The zero-order chi connectivity index (χ0) is 20.3. The monoisotopic (exact) mass is 372 g/mol. The maximum Gasteiger partial charge on any atom is 0.459 e. The lowest BCUT2D eigenvalue weighted by molar-refractivity contribution is 0.00578. The first kappa shape index (κ1) is 20.9. The molecule has 27 heavy (non-hydrogen) atoms. The van der Waals surface area contributed by atoms with Gasteiger partial charge >= 0.3 is 14.2 Å². The minimum Gasteiger partial charge on any atom is -0.403 e. The summed E-state index contributed by atoms with van der Waals surface area (Å²) in [5, 5.41) is 0. The molecule has 0 unspecified atom stereocenters. The van der Waals surface area contributed by atoms with Crippen LogP contribution >= 0.6 is 0 Å². The summed E-state index contributed by atoms with van der Waals surface area (Å²) in [7, 11) is -0.806. The van der Waals surface area contributed by atoms with E-state index in [1.54, 1.807) is 0 Å². The Morgan fingerprint density at radius 2 is 0.963 bits per heavy atom. The molecule has 2 aliphatic rings. The van der Waals surface area contributed by atoms with E-state index < -0.39 is 36.6 Å². The van der Waals surface area contributed by atoms with Gasteiger partial charge in [0.25, 0.3) is 0 Å². The summed E-state index contributed by atoms with van der Waals surface area (Å²) in [6.45, 7) is 18.9. The second-order valence-electron chi connectivity index (χ2n) is 10.0. The molecule has 0 saturated carbocycles. The first-order valence-electron chi connectivity index (χ1n) is 10.0.